The van der Waals surface area contributed by atoms with Crippen LogP contribution in [0.3, 0.4) is 0 Å². The van der Waals surface area contributed by atoms with E-state index in [1.54, 1.807) is 0 Å². The fourth-order valence-electron chi connectivity index (χ4n) is 1.85. The first-order valence-electron chi connectivity index (χ1n) is 5.34. The molecule has 104 valence electrons. The molecule has 1 aliphatic rings. The van der Waals surface area contributed by atoms with E-state index in [9.17, 15) is 28.2 Å². The molecular formula is C11H10F3NO4. The molecule has 0 aliphatic carbocycles. The van der Waals surface area contributed by atoms with Crippen LogP contribution in [-0.4, -0.2) is 51.4 Å². The molecule has 1 heterocycles. The van der Waals surface area contributed by atoms with E-state index in [-0.39, 0.29) is 13.1 Å². The van der Waals surface area contributed by atoms with Gasteiger partial charge in [-0.05, 0) is 6.07 Å². The molecule has 0 spiro atoms. The maximum Gasteiger partial charge on any atom is 0.257 e. The zero-order valence-corrected chi connectivity index (χ0v) is 9.48. The van der Waals surface area contributed by atoms with E-state index in [0.29, 0.717) is 6.07 Å². The predicted octanol–water partition coefficient (Wildman–Crippen LogP) is -0.0129. The fourth-order valence-corrected chi connectivity index (χ4v) is 1.85. The van der Waals surface area contributed by atoms with Gasteiger partial charge in [0.1, 0.15) is 0 Å². The van der Waals surface area contributed by atoms with Crippen LogP contribution < -0.4 is 0 Å². The van der Waals surface area contributed by atoms with Crippen molar-refractivity contribution in [1.82, 2.24) is 4.90 Å². The summed E-state index contributed by atoms with van der Waals surface area (Å²) in [5.74, 6) is -7.57. The first-order chi connectivity index (χ1) is 8.82. The normalized spacial score (nSPS) is 22.9. The van der Waals surface area contributed by atoms with Crippen molar-refractivity contribution in [3.05, 3.63) is 29.1 Å². The van der Waals surface area contributed by atoms with Crippen molar-refractivity contribution in [2.24, 2.45) is 0 Å². The number of aliphatic hydroxyl groups is 2. The van der Waals surface area contributed by atoms with Crippen LogP contribution in [0.25, 0.3) is 0 Å². The van der Waals surface area contributed by atoms with Crippen molar-refractivity contribution < 1.29 is 33.3 Å². The van der Waals surface area contributed by atoms with Gasteiger partial charge in [-0.15, -0.1) is 0 Å². The Balaban J connectivity index is 2.35. The van der Waals surface area contributed by atoms with Crippen LogP contribution in [-0.2, 0) is 0 Å². The number of phenols is 1. The lowest BCUT2D eigenvalue weighted by Crippen LogP contribution is -2.30. The van der Waals surface area contributed by atoms with Crippen molar-refractivity contribution in [3.8, 4) is 5.75 Å². The summed E-state index contributed by atoms with van der Waals surface area (Å²) in [6.07, 6.45) is -2.38. The van der Waals surface area contributed by atoms with E-state index in [1.165, 1.54) is 0 Å². The average molecular weight is 277 g/mol. The summed E-state index contributed by atoms with van der Waals surface area (Å²) in [5, 5.41) is 27.5. The lowest BCUT2D eigenvalue weighted by molar-refractivity contribution is 0.0572. The van der Waals surface area contributed by atoms with E-state index < -0.39 is 46.9 Å². The standard InChI is InChI=1S/C11H10F3NO4/c12-5-1-4(8(13)10(18)9(5)14)11(19)15-2-6(16)7(17)3-15/h1,6-7,16-18H,2-3H2/t6-,7+. The van der Waals surface area contributed by atoms with Gasteiger partial charge in [0.2, 0.25) is 5.82 Å². The van der Waals surface area contributed by atoms with Crippen LogP contribution in [0, 0.1) is 17.5 Å². The molecule has 0 radical (unpaired) electrons. The van der Waals surface area contributed by atoms with Gasteiger partial charge in [0.25, 0.3) is 5.91 Å². The molecule has 1 saturated heterocycles. The van der Waals surface area contributed by atoms with Gasteiger partial charge < -0.3 is 20.2 Å². The summed E-state index contributed by atoms with van der Waals surface area (Å²) < 4.78 is 39.4. The number of β-amino-alcohol motifs (C(OH)–C–C–N with tert-alkyl or cyclic N) is 2. The highest BCUT2D eigenvalue weighted by molar-refractivity contribution is 5.95. The average Bonchev–Trinajstić information content (AvgIpc) is 2.71. The molecule has 0 bridgehead atoms. The van der Waals surface area contributed by atoms with Gasteiger partial charge in [-0.2, -0.15) is 4.39 Å². The van der Waals surface area contributed by atoms with Crippen LogP contribution >= 0.6 is 0 Å². The Kier molecular flexibility index (Phi) is 3.38. The maximum atomic E-state index is 13.5. The van der Waals surface area contributed by atoms with Gasteiger partial charge in [0.05, 0.1) is 17.8 Å². The summed E-state index contributed by atoms with van der Waals surface area (Å²) in [7, 11) is 0. The summed E-state index contributed by atoms with van der Waals surface area (Å²) in [5.41, 5.74) is -0.863. The Bertz CT molecular complexity index is 527. The molecule has 5 nitrogen and oxygen atoms in total. The molecule has 19 heavy (non-hydrogen) atoms. The van der Waals surface area contributed by atoms with Crippen LogP contribution in [0.2, 0.25) is 0 Å². The highest BCUT2D eigenvalue weighted by Crippen LogP contribution is 2.27. The molecular weight excluding hydrogens is 267 g/mol. The highest BCUT2D eigenvalue weighted by Gasteiger charge is 2.35. The molecule has 2 atom stereocenters. The molecule has 1 amide bonds. The summed E-state index contributed by atoms with van der Waals surface area (Å²) >= 11 is 0. The van der Waals surface area contributed by atoms with Gasteiger partial charge in [0, 0.05) is 13.1 Å². The Morgan fingerprint density at radius 2 is 1.68 bits per heavy atom. The van der Waals surface area contributed by atoms with E-state index in [0.717, 1.165) is 4.90 Å². The number of aromatic hydroxyl groups is 1. The topological polar surface area (TPSA) is 81.0 Å². The number of carbonyl (C=O) groups excluding carboxylic acids is 1. The van der Waals surface area contributed by atoms with Crippen LogP contribution in [0.1, 0.15) is 10.4 Å². The zero-order chi connectivity index (χ0) is 14.3. The third-order valence-corrected chi connectivity index (χ3v) is 2.91. The number of hydrogen-bond donors (Lipinski definition) is 3. The van der Waals surface area contributed by atoms with Crippen molar-refractivity contribution in [3.63, 3.8) is 0 Å². The third-order valence-electron chi connectivity index (χ3n) is 2.91. The predicted molar refractivity (Wildman–Crippen MR) is 55.9 cm³/mol. The largest absolute Gasteiger partial charge is 0.503 e. The monoisotopic (exact) mass is 277 g/mol. The second-order valence-corrected chi connectivity index (χ2v) is 4.23. The quantitative estimate of drug-likeness (QED) is 0.631. The molecule has 1 fully saturated rings. The second-order valence-electron chi connectivity index (χ2n) is 4.23. The minimum Gasteiger partial charge on any atom is -0.503 e. The lowest BCUT2D eigenvalue weighted by atomic mass is 10.1. The van der Waals surface area contributed by atoms with Gasteiger partial charge in [-0.3, -0.25) is 4.79 Å². The molecule has 0 saturated carbocycles. The number of halogens is 3. The molecule has 0 aromatic heterocycles. The van der Waals surface area contributed by atoms with E-state index in [2.05, 4.69) is 0 Å². The highest BCUT2D eigenvalue weighted by atomic mass is 19.2. The van der Waals surface area contributed by atoms with Gasteiger partial charge in [-0.25, -0.2) is 8.78 Å². The van der Waals surface area contributed by atoms with Gasteiger partial charge in [0.15, 0.2) is 17.4 Å². The van der Waals surface area contributed by atoms with Crippen molar-refractivity contribution >= 4 is 5.91 Å². The number of aliphatic hydroxyl groups excluding tert-OH is 2. The molecule has 0 unspecified atom stereocenters. The number of rotatable bonds is 1. The summed E-state index contributed by atoms with van der Waals surface area (Å²) in [6, 6.07) is 0.323. The van der Waals surface area contributed by atoms with E-state index in [4.69, 9.17) is 5.11 Å². The molecule has 8 heteroatoms. The van der Waals surface area contributed by atoms with Gasteiger partial charge in [-0.1, -0.05) is 0 Å². The van der Waals surface area contributed by atoms with E-state index in [1.807, 2.05) is 0 Å². The fraction of sp³-hybridized carbons (Fsp3) is 0.364. The Morgan fingerprint density at radius 1 is 1.16 bits per heavy atom. The van der Waals surface area contributed by atoms with Gasteiger partial charge >= 0.3 is 0 Å². The first kappa shape index (κ1) is 13.6. The minimum atomic E-state index is -1.78. The lowest BCUT2D eigenvalue weighted by Gasteiger charge is -2.16. The maximum absolute atomic E-state index is 13.5. The SMILES string of the molecule is O=C(c1cc(F)c(F)c(O)c1F)N1C[C@@H](O)[C@@H](O)C1. The molecule has 1 aliphatic heterocycles. The Morgan fingerprint density at radius 3 is 2.21 bits per heavy atom. The van der Waals surface area contributed by atoms with Crippen LogP contribution in [0.15, 0.2) is 6.07 Å². The molecule has 1 aromatic rings. The number of likely N-dealkylation sites (tertiary alicyclic amines) is 1. The van der Waals surface area contributed by atoms with Crippen molar-refractivity contribution in [1.29, 1.82) is 0 Å². The smallest absolute Gasteiger partial charge is 0.257 e. The number of carbonyl (C=O) groups is 1. The first-order valence-corrected chi connectivity index (χ1v) is 5.34. The number of phenolic OH excluding ortho intramolecular Hbond substituents is 1. The second kappa shape index (κ2) is 4.71. The number of benzene rings is 1. The third kappa shape index (κ3) is 2.24. The number of amides is 1. The minimum absolute atomic E-state index is 0.265. The zero-order valence-electron chi connectivity index (χ0n) is 9.48. The Labute approximate surface area is 105 Å². The Hall–Kier alpha value is -1.80. The molecule has 3 N–H and O–H groups in total. The number of hydrogen-bond acceptors (Lipinski definition) is 4. The summed E-state index contributed by atoms with van der Waals surface area (Å²) in [4.78, 5) is 12.7. The van der Waals surface area contributed by atoms with Crippen molar-refractivity contribution in [2.45, 2.75) is 12.2 Å². The van der Waals surface area contributed by atoms with Crippen LogP contribution in [0.5, 0.6) is 5.75 Å². The van der Waals surface area contributed by atoms with Crippen molar-refractivity contribution in [2.75, 3.05) is 13.1 Å². The van der Waals surface area contributed by atoms with Crippen LogP contribution in [0.4, 0.5) is 13.2 Å². The van der Waals surface area contributed by atoms with E-state index >= 15 is 0 Å². The molecule has 2 rings (SSSR count). The number of nitrogens with zero attached hydrogens (tertiary/aromatic N) is 1. The molecule has 1 aromatic carbocycles. The summed E-state index contributed by atoms with van der Waals surface area (Å²) in [6.45, 7) is -0.529.